The Kier molecular flexibility index (Phi) is 9.05. The topological polar surface area (TPSA) is 71.8 Å². The van der Waals surface area contributed by atoms with Gasteiger partial charge in [0.15, 0.2) is 0 Å². The van der Waals surface area contributed by atoms with Crippen LogP contribution in [-0.4, -0.2) is 29.3 Å². The second-order valence-corrected chi connectivity index (χ2v) is 16.1. The number of aromatic amines is 1. The molecule has 5 aromatic heterocycles. The van der Waals surface area contributed by atoms with Crippen molar-refractivity contribution in [1.29, 1.82) is 0 Å². The smallest absolute Gasteiger partial charge is 0.147 e. The molecule has 60 heavy (non-hydrogen) atoms. The molecule has 284 valence electrons. The van der Waals surface area contributed by atoms with Gasteiger partial charge in [0.05, 0.1) is 36.7 Å². The van der Waals surface area contributed by atoms with Gasteiger partial charge in [-0.1, -0.05) is 133 Å². The van der Waals surface area contributed by atoms with E-state index in [4.69, 9.17) is 26.6 Å². The van der Waals surface area contributed by atoms with E-state index in [0.29, 0.717) is 5.15 Å². The molecule has 0 saturated carbocycles. The Morgan fingerprint density at radius 2 is 1.05 bits per heavy atom. The standard InChI is InChI=1S/C26H15N3.C21H14N2.C5H3ClIN/c1-3-10-18-16(8-1)17-9-2-4-11-19(17)24-23(18)25-22(14-7-15-27-25)29-21-13-6-5-12-20(21)28-26(24)29;1-2-8-15-14(7-1)13-18(17-10-4-3-9-16(15)17)21-22-19-11-5-6-12-20(19)23-21;6-5-4(7)2-1-3-8-5/h1-15H;1-13H,(H,22,23);1-3H. The average molecular weight is 903 g/mol. The number of fused-ring (bicyclic) bond motifs is 17. The number of para-hydroxylation sites is 4. The zero-order valence-electron chi connectivity index (χ0n) is 31.9. The van der Waals surface area contributed by atoms with Gasteiger partial charge in [-0.25, -0.2) is 15.0 Å². The van der Waals surface area contributed by atoms with Crippen LogP contribution in [-0.2, 0) is 0 Å². The molecule has 13 rings (SSSR count). The number of hydrogen-bond acceptors (Lipinski definition) is 4. The summed E-state index contributed by atoms with van der Waals surface area (Å²) in [5.41, 5.74) is 8.42. The van der Waals surface area contributed by atoms with E-state index >= 15 is 0 Å². The number of nitrogens with zero attached hydrogens (tertiary/aromatic N) is 5. The van der Waals surface area contributed by atoms with Crippen molar-refractivity contribution < 1.29 is 0 Å². The normalized spacial score (nSPS) is 11.5. The fraction of sp³-hybridized carbons (Fsp3) is 0. The summed E-state index contributed by atoms with van der Waals surface area (Å²) >= 11 is 7.72. The molecule has 0 bridgehead atoms. The number of pyridine rings is 3. The van der Waals surface area contributed by atoms with Crippen molar-refractivity contribution in [2.24, 2.45) is 0 Å². The maximum absolute atomic E-state index is 5.59. The SMILES string of the molecule is Clc1ncccc1I.c1ccc2c(c1)cc(-c1nc3ccccc3[nH]1)c1ccccc12.c1ccc2c(c1)nc1c3c4ccccc4c4ccccc4c3c3ncccc3n21. The maximum Gasteiger partial charge on any atom is 0.147 e. The van der Waals surface area contributed by atoms with Crippen molar-refractivity contribution >= 4 is 127 Å². The number of rotatable bonds is 1. The first-order valence-corrected chi connectivity index (χ1v) is 21.1. The molecule has 5 heterocycles. The predicted octanol–water partition coefficient (Wildman–Crippen LogP) is 14.4. The number of halogens is 2. The van der Waals surface area contributed by atoms with Gasteiger partial charge in [0.1, 0.15) is 16.6 Å². The molecule has 0 unspecified atom stereocenters. The van der Waals surface area contributed by atoms with Crippen LogP contribution in [0.2, 0.25) is 5.15 Å². The van der Waals surface area contributed by atoms with Crippen molar-refractivity contribution in [2.75, 3.05) is 0 Å². The summed E-state index contributed by atoms with van der Waals surface area (Å²) in [5, 5.41) is 12.9. The van der Waals surface area contributed by atoms with Gasteiger partial charge in [0.2, 0.25) is 0 Å². The summed E-state index contributed by atoms with van der Waals surface area (Å²) in [6, 6.07) is 61.0. The Morgan fingerprint density at radius 1 is 0.483 bits per heavy atom. The van der Waals surface area contributed by atoms with Crippen LogP contribution >= 0.6 is 34.2 Å². The number of nitrogens with one attached hydrogen (secondary N) is 1. The van der Waals surface area contributed by atoms with E-state index < -0.39 is 0 Å². The van der Waals surface area contributed by atoms with Gasteiger partial charge in [-0.05, 0) is 120 Å². The van der Waals surface area contributed by atoms with Crippen LogP contribution in [0.3, 0.4) is 0 Å². The zero-order valence-corrected chi connectivity index (χ0v) is 34.8. The van der Waals surface area contributed by atoms with Crippen LogP contribution in [0.15, 0.2) is 188 Å². The number of imidazole rings is 2. The first-order chi connectivity index (χ1) is 29.6. The van der Waals surface area contributed by atoms with Gasteiger partial charge < -0.3 is 4.98 Å². The van der Waals surface area contributed by atoms with Crippen molar-refractivity contribution in [3.8, 4) is 11.4 Å². The van der Waals surface area contributed by atoms with Gasteiger partial charge in [0, 0.05) is 28.7 Å². The number of benzene rings is 8. The van der Waals surface area contributed by atoms with E-state index in [0.717, 1.165) is 53.7 Å². The summed E-state index contributed by atoms with van der Waals surface area (Å²) in [7, 11) is 0. The van der Waals surface area contributed by atoms with E-state index in [-0.39, 0.29) is 0 Å². The third-order valence-electron chi connectivity index (χ3n) is 11.1. The molecule has 0 aliphatic heterocycles. The highest BCUT2D eigenvalue weighted by Gasteiger charge is 2.19. The second-order valence-electron chi connectivity index (χ2n) is 14.5. The zero-order chi connectivity index (χ0) is 40.2. The lowest BCUT2D eigenvalue weighted by Crippen LogP contribution is -1.95. The van der Waals surface area contributed by atoms with E-state index in [1.54, 1.807) is 6.20 Å². The molecule has 0 atom stereocenters. The number of H-pyrrole nitrogens is 1. The monoisotopic (exact) mass is 902 g/mol. The van der Waals surface area contributed by atoms with Crippen LogP contribution in [0.1, 0.15) is 0 Å². The van der Waals surface area contributed by atoms with E-state index in [1.165, 1.54) is 53.9 Å². The Morgan fingerprint density at radius 3 is 1.77 bits per heavy atom. The third-order valence-corrected chi connectivity index (χ3v) is 12.6. The van der Waals surface area contributed by atoms with Crippen LogP contribution in [0.25, 0.3) is 104 Å². The summed E-state index contributed by atoms with van der Waals surface area (Å²) in [6.07, 6.45) is 3.56. The molecule has 1 N–H and O–H groups in total. The predicted molar refractivity (Wildman–Crippen MR) is 259 cm³/mol. The molecule has 0 radical (unpaired) electrons. The highest BCUT2D eigenvalue weighted by molar-refractivity contribution is 14.1. The van der Waals surface area contributed by atoms with Gasteiger partial charge in [0.25, 0.3) is 0 Å². The molecule has 0 amide bonds. The molecule has 8 aromatic carbocycles. The Hall–Kier alpha value is -6.94. The Bertz CT molecular complexity index is 3730. The lowest BCUT2D eigenvalue weighted by Gasteiger charge is -2.14. The van der Waals surface area contributed by atoms with Crippen LogP contribution in [0.5, 0.6) is 0 Å². The molecule has 8 heteroatoms. The third kappa shape index (κ3) is 6.08. The van der Waals surface area contributed by atoms with Crippen molar-refractivity contribution in [2.45, 2.75) is 0 Å². The number of aromatic nitrogens is 6. The second kappa shape index (κ2) is 15.0. The summed E-state index contributed by atoms with van der Waals surface area (Å²) in [6.45, 7) is 0. The van der Waals surface area contributed by atoms with Crippen LogP contribution in [0, 0.1) is 3.57 Å². The van der Waals surface area contributed by atoms with Crippen LogP contribution in [0.4, 0.5) is 0 Å². The minimum Gasteiger partial charge on any atom is -0.338 e. The lowest BCUT2D eigenvalue weighted by molar-refractivity contribution is 1.29. The molecule has 0 aliphatic carbocycles. The van der Waals surface area contributed by atoms with E-state index in [1.807, 2.05) is 48.7 Å². The van der Waals surface area contributed by atoms with Crippen LogP contribution < -0.4 is 0 Å². The molecule has 0 fully saturated rings. The fourth-order valence-electron chi connectivity index (χ4n) is 8.52. The minimum atomic E-state index is 0.577. The molecule has 0 saturated heterocycles. The largest absolute Gasteiger partial charge is 0.338 e. The quantitative estimate of drug-likeness (QED) is 0.101. The van der Waals surface area contributed by atoms with Gasteiger partial charge in [-0.3, -0.25) is 9.38 Å². The van der Waals surface area contributed by atoms with E-state index in [9.17, 15) is 0 Å². The van der Waals surface area contributed by atoms with E-state index in [2.05, 4.69) is 170 Å². The van der Waals surface area contributed by atoms with Gasteiger partial charge >= 0.3 is 0 Å². The van der Waals surface area contributed by atoms with Crippen molar-refractivity contribution in [3.05, 3.63) is 197 Å². The average Bonchev–Trinajstić information content (AvgIpc) is 3.93. The molecule has 0 aliphatic rings. The van der Waals surface area contributed by atoms with Gasteiger partial charge in [-0.2, -0.15) is 0 Å². The fourth-order valence-corrected chi connectivity index (χ4v) is 8.99. The maximum atomic E-state index is 5.59. The highest BCUT2D eigenvalue weighted by Crippen LogP contribution is 2.41. The first kappa shape index (κ1) is 36.2. The molecular formula is C52H32ClIN6. The molecule has 0 spiro atoms. The summed E-state index contributed by atoms with van der Waals surface area (Å²) in [4.78, 5) is 22.0. The summed E-state index contributed by atoms with van der Waals surface area (Å²) in [5.74, 6) is 0.924. The van der Waals surface area contributed by atoms with Gasteiger partial charge in [-0.15, -0.1) is 0 Å². The number of hydrogen-bond donors (Lipinski definition) is 1. The Labute approximate surface area is 362 Å². The van der Waals surface area contributed by atoms with Crippen molar-refractivity contribution in [1.82, 2.24) is 29.3 Å². The molecule has 6 nitrogen and oxygen atoms in total. The van der Waals surface area contributed by atoms with Crippen molar-refractivity contribution in [3.63, 3.8) is 0 Å². The molecular weight excluding hydrogens is 871 g/mol. The highest BCUT2D eigenvalue weighted by atomic mass is 127. The lowest BCUT2D eigenvalue weighted by atomic mass is 9.94. The summed E-state index contributed by atoms with van der Waals surface area (Å²) < 4.78 is 3.26. The first-order valence-electron chi connectivity index (χ1n) is 19.6. The molecule has 13 aromatic rings. The minimum absolute atomic E-state index is 0.577. The Balaban J connectivity index is 0.000000117.